The number of para-hydroxylation sites is 1. The molecule has 0 radical (unpaired) electrons. The molecule has 0 saturated heterocycles. The van der Waals surface area contributed by atoms with Crippen LogP contribution in [0.3, 0.4) is 0 Å². The van der Waals surface area contributed by atoms with Crippen molar-refractivity contribution in [1.82, 2.24) is 14.9 Å². The lowest BCUT2D eigenvalue weighted by atomic mass is 10.1. The second-order valence-corrected chi connectivity index (χ2v) is 6.34. The highest BCUT2D eigenvalue weighted by atomic mass is 35.5. The summed E-state index contributed by atoms with van der Waals surface area (Å²) in [4.78, 5) is 16.6. The molecule has 5 nitrogen and oxygen atoms in total. The molecule has 0 aliphatic rings. The van der Waals surface area contributed by atoms with E-state index in [1.54, 1.807) is 37.4 Å². The fraction of sp³-hybridized carbons (Fsp3) is 0.200. The molecular formula is C20H20ClN3O2. The van der Waals surface area contributed by atoms with Crippen molar-refractivity contribution >= 4 is 17.5 Å². The van der Waals surface area contributed by atoms with Gasteiger partial charge in [0, 0.05) is 24.0 Å². The predicted molar refractivity (Wildman–Crippen MR) is 102 cm³/mol. The fourth-order valence-corrected chi connectivity index (χ4v) is 2.75. The van der Waals surface area contributed by atoms with Crippen LogP contribution >= 0.6 is 11.6 Å². The van der Waals surface area contributed by atoms with Crippen molar-refractivity contribution in [1.29, 1.82) is 0 Å². The molecule has 3 rings (SSSR count). The number of halogens is 1. The van der Waals surface area contributed by atoms with Crippen LogP contribution in [0.25, 0.3) is 5.69 Å². The van der Waals surface area contributed by atoms with Gasteiger partial charge in [-0.25, -0.2) is 4.98 Å². The van der Waals surface area contributed by atoms with Gasteiger partial charge in [-0.2, -0.15) is 0 Å². The van der Waals surface area contributed by atoms with E-state index in [4.69, 9.17) is 16.3 Å². The molecular weight excluding hydrogens is 350 g/mol. The molecule has 1 atom stereocenters. The van der Waals surface area contributed by atoms with Gasteiger partial charge in [0.2, 0.25) is 0 Å². The molecule has 0 fully saturated rings. The second kappa shape index (κ2) is 8.06. The van der Waals surface area contributed by atoms with Crippen molar-refractivity contribution in [2.45, 2.75) is 26.5 Å². The Morgan fingerprint density at radius 2 is 1.96 bits per heavy atom. The van der Waals surface area contributed by atoms with Gasteiger partial charge in [-0.3, -0.25) is 4.79 Å². The maximum Gasteiger partial charge on any atom is 0.261 e. The Hall–Kier alpha value is -2.79. The van der Waals surface area contributed by atoms with E-state index in [-0.39, 0.29) is 5.91 Å². The topological polar surface area (TPSA) is 56.2 Å². The van der Waals surface area contributed by atoms with Gasteiger partial charge in [-0.05, 0) is 49.7 Å². The summed E-state index contributed by atoms with van der Waals surface area (Å²) in [6.07, 6.45) is 3.05. The average Bonchev–Trinajstić information content (AvgIpc) is 3.07. The Morgan fingerprint density at radius 1 is 1.23 bits per heavy atom. The molecule has 3 aromatic rings. The number of nitrogens with one attached hydrogen (secondary N) is 1. The Kier molecular flexibility index (Phi) is 5.58. The average molecular weight is 370 g/mol. The number of ether oxygens (including phenoxy) is 1. The van der Waals surface area contributed by atoms with Gasteiger partial charge in [0.1, 0.15) is 11.6 Å². The van der Waals surface area contributed by atoms with Gasteiger partial charge >= 0.3 is 0 Å². The molecule has 6 heteroatoms. The third-order valence-corrected chi connectivity index (χ3v) is 4.28. The summed E-state index contributed by atoms with van der Waals surface area (Å²) in [6.45, 7) is 4.06. The molecule has 2 aromatic carbocycles. The Bertz CT molecular complexity index is 890. The highest BCUT2D eigenvalue weighted by molar-refractivity contribution is 6.30. The number of nitrogens with zero attached hydrogens (tertiary/aromatic N) is 2. The third-order valence-electron chi connectivity index (χ3n) is 4.03. The summed E-state index contributed by atoms with van der Waals surface area (Å²) < 4.78 is 7.65. The Labute approximate surface area is 157 Å². The lowest BCUT2D eigenvalue weighted by Gasteiger charge is -2.16. The Balaban J connectivity index is 1.64. The van der Waals surface area contributed by atoms with E-state index in [9.17, 15) is 4.79 Å². The standard InChI is InChI=1S/C20H20ClN3O2/c1-14(26-18-9-7-17(21)8-10-18)20(25)23-13-16-5-3-4-6-19(16)24-12-11-22-15(24)2/h3-12,14H,13H2,1-2H3,(H,23,25)/t14-/m1/s1. The molecule has 0 spiro atoms. The van der Waals surface area contributed by atoms with Gasteiger partial charge in [0.05, 0.1) is 5.69 Å². The van der Waals surface area contributed by atoms with Crippen LogP contribution in [-0.2, 0) is 11.3 Å². The van der Waals surface area contributed by atoms with Crippen LogP contribution in [0.15, 0.2) is 60.9 Å². The van der Waals surface area contributed by atoms with Gasteiger partial charge in [-0.1, -0.05) is 29.8 Å². The molecule has 1 heterocycles. The number of carbonyl (C=O) groups excluding carboxylic acids is 1. The first kappa shape index (κ1) is 18.0. The summed E-state index contributed by atoms with van der Waals surface area (Å²) in [7, 11) is 0. The van der Waals surface area contributed by atoms with E-state index in [0.717, 1.165) is 17.1 Å². The predicted octanol–water partition coefficient (Wildman–Crippen LogP) is 3.92. The summed E-state index contributed by atoms with van der Waals surface area (Å²) in [5, 5.41) is 3.55. The van der Waals surface area contributed by atoms with Crippen molar-refractivity contribution in [3.63, 3.8) is 0 Å². The zero-order chi connectivity index (χ0) is 18.5. The number of amides is 1. The summed E-state index contributed by atoms with van der Waals surface area (Å²) in [5.74, 6) is 1.31. The minimum atomic E-state index is -0.613. The van der Waals surface area contributed by atoms with Gasteiger partial charge in [0.25, 0.3) is 5.91 Å². The number of hydrogen-bond donors (Lipinski definition) is 1. The van der Waals surface area contributed by atoms with Crippen LogP contribution in [0.4, 0.5) is 0 Å². The largest absolute Gasteiger partial charge is 0.481 e. The minimum absolute atomic E-state index is 0.183. The third kappa shape index (κ3) is 4.24. The van der Waals surface area contributed by atoms with E-state index in [2.05, 4.69) is 10.3 Å². The van der Waals surface area contributed by atoms with Crippen LogP contribution in [0.2, 0.25) is 5.02 Å². The molecule has 0 aliphatic heterocycles. The first-order valence-corrected chi connectivity index (χ1v) is 8.70. The number of aromatic nitrogens is 2. The van der Waals surface area contributed by atoms with Gasteiger partial charge in [-0.15, -0.1) is 0 Å². The van der Waals surface area contributed by atoms with Crippen LogP contribution in [0.1, 0.15) is 18.3 Å². The molecule has 1 amide bonds. The molecule has 0 saturated carbocycles. The molecule has 1 aromatic heterocycles. The van der Waals surface area contributed by atoms with Gasteiger partial charge < -0.3 is 14.6 Å². The molecule has 0 aliphatic carbocycles. The normalized spacial score (nSPS) is 11.8. The SMILES string of the molecule is Cc1nccn1-c1ccccc1CNC(=O)[C@@H](C)Oc1ccc(Cl)cc1. The number of carbonyl (C=O) groups is 1. The number of imidazole rings is 1. The minimum Gasteiger partial charge on any atom is -0.481 e. The lowest BCUT2D eigenvalue weighted by molar-refractivity contribution is -0.127. The van der Waals surface area contributed by atoms with Crippen LogP contribution in [0, 0.1) is 6.92 Å². The molecule has 0 unspecified atom stereocenters. The maximum absolute atomic E-state index is 12.4. The van der Waals surface area contributed by atoms with Crippen LogP contribution in [0.5, 0.6) is 5.75 Å². The van der Waals surface area contributed by atoms with E-state index in [1.807, 2.05) is 42.0 Å². The fourth-order valence-electron chi connectivity index (χ4n) is 2.62. The molecule has 26 heavy (non-hydrogen) atoms. The Morgan fingerprint density at radius 3 is 2.65 bits per heavy atom. The lowest BCUT2D eigenvalue weighted by Crippen LogP contribution is -2.36. The molecule has 0 bridgehead atoms. The van der Waals surface area contributed by atoms with E-state index in [1.165, 1.54) is 0 Å². The smallest absolute Gasteiger partial charge is 0.261 e. The number of rotatable bonds is 6. The van der Waals surface area contributed by atoms with Crippen LogP contribution in [-0.4, -0.2) is 21.6 Å². The first-order chi connectivity index (χ1) is 12.5. The quantitative estimate of drug-likeness (QED) is 0.716. The van der Waals surface area contributed by atoms with Gasteiger partial charge in [0.15, 0.2) is 6.10 Å². The monoisotopic (exact) mass is 369 g/mol. The van der Waals surface area contributed by atoms with E-state index >= 15 is 0 Å². The summed E-state index contributed by atoms with van der Waals surface area (Å²) in [6, 6.07) is 14.8. The first-order valence-electron chi connectivity index (χ1n) is 8.33. The van der Waals surface area contributed by atoms with Crippen molar-refractivity contribution in [2.24, 2.45) is 0 Å². The zero-order valence-electron chi connectivity index (χ0n) is 14.6. The molecule has 134 valence electrons. The van der Waals surface area contributed by atoms with E-state index < -0.39 is 6.10 Å². The zero-order valence-corrected chi connectivity index (χ0v) is 15.4. The number of aryl methyl sites for hydroxylation is 1. The van der Waals surface area contributed by atoms with Crippen molar-refractivity contribution in [3.8, 4) is 11.4 Å². The molecule has 1 N–H and O–H groups in total. The number of hydrogen-bond acceptors (Lipinski definition) is 3. The van der Waals surface area contributed by atoms with Crippen LogP contribution < -0.4 is 10.1 Å². The summed E-state index contributed by atoms with van der Waals surface area (Å²) in [5.41, 5.74) is 2.00. The van der Waals surface area contributed by atoms with Crippen molar-refractivity contribution in [2.75, 3.05) is 0 Å². The number of benzene rings is 2. The van der Waals surface area contributed by atoms with Crippen molar-refractivity contribution in [3.05, 3.63) is 77.3 Å². The van der Waals surface area contributed by atoms with Crippen molar-refractivity contribution < 1.29 is 9.53 Å². The van der Waals surface area contributed by atoms with E-state index in [0.29, 0.717) is 17.3 Å². The summed E-state index contributed by atoms with van der Waals surface area (Å²) >= 11 is 5.86. The highest BCUT2D eigenvalue weighted by Gasteiger charge is 2.15. The highest BCUT2D eigenvalue weighted by Crippen LogP contribution is 2.18. The second-order valence-electron chi connectivity index (χ2n) is 5.90. The maximum atomic E-state index is 12.4.